The van der Waals surface area contributed by atoms with E-state index in [4.69, 9.17) is 21.1 Å². The van der Waals surface area contributed by atoms with Gasteiger partial charge in [0, 0.05) is 17.9 Å². The first kappa shape index (κ1) is 14.2. The maximum atomic E-state index is 12.0. The van der Waals surface area contributed by atoms with Gasteiger partial charge in [0.05, 0.1) is 25.0 Å². The van der Waals surface area contributed by atoms with Crippen molar-refractivity contribution in [1.82, 2.24) is 0 Å². The van der Waals surface area contributed by atoms with Gasteiger partial charge in [-0.2, -0.15) is 0 Å². The lowest BCUT2D eigenvalue weighted by molar-refractivity contribution is -0.119. The summed E-state index contributed by atoms with van der Waals surface area (Å²) in [5.41, 5.74) is 1.62. The predicted molar refractivity (Wildman–Crippen MR) is 74.7 cm³/mol. The van der Waals surface area contributed by atoms with E-state index < -0.39 is 0 Å². The summed E-state index contributed by atoms with van der Waals surface area (Å²) >= 11 is 5.89. The fourth-order valence-electron chi connectivity index (χ4n) is 2.04. The van der Waals surface area contributed by atoms with E-state index in [1.165, 1.54) is 0 Å². The summed E-state index contributed by atoms with van der Waals surface area (Å²) in [6.45, 7) is 3.68. The minimum Gasteiger partial charge on any atom is -0.494 e. The first-order valence-corrected chi connectivity index (χ1v) is 6.98. The summed E-state index contributed by atoms with van der Waals surface area (Å²) in [5.74, 6) is 1.07. The minimum atomic E-state index is -0.0500. The number of rotatable bonds is 5. The van der Waals surface area contributed by atoms with Crippen molar-refractivity contribution in [2.24, 2.45) is 5.92 Å². The van der Waals surface area contributed by atoms with Gasteiger partial charge in [-0.25, -0.2) is 0 Å². The molecule has 0 bridgehead atoms. The van der Waals surface area contributed by atoms with Crippen molar-refractivity contribution in [2.45, 2.75) is 19.2 Å². The quantitative estimate of drug-likeness (QED) is 0.845. The van der Waals surface area contributed by atoms with Crippen molar-refractivity contribution in [3.8, 4) is 5.75 Å². The van der Waals surface area contributed by atoms with Crippen molar-refractivity contribution in [3.05, 3.63) is 23.8 Å². The molecule has 1 saturated heterocycles. The average Bonchev–Trinajstić information content (AvgIpc) is 2.94. The van der Waals surface area contributed by atoms with Crippen LogP contribution in [-0.4, -0.2) is 25.7 Å². The van der Waals surface area contributed by atoms with Crippen LogP contribution < -0.4 is 10.1 Å². The first-order chi connectivity index (χ1) is 9.24. The van der Waals surface area contributed by atoms with Crippen molar-refractivity contribution in [1.29, 1.82) is 0 Å². The first-order valence-electron chi connectivity index (χ1n) is 6.45. The number of amides is 1. The largest absolute Gasteiger partial charge is 0.494 e. The zero-order valence-corrected chi connectivity index (χ0v) is 11.7. The number of carbonyl (C=O) groups is 1. The average molecular weight is 284 g/mol. The van der Waals surface area contributed by atoms with Crippen molar-refractivity contribution >= 4 is 23.2 Å². The van der Waals surface area contributed by atoms with Crippen LogP contribution in [0, 0.1) is 5.92 Å². The lowest BCUT2D eigenvalue weighted by Crippen LogP contribution is -2.22. The number of ether oxygens (including phenoxy) is 2. The summed E-state index contributed by atoms with van der Waals surface area (Å²) in [5, 5.41) is 2.89. The molecule has 4 nitrogen and oxygen atoms in total. The van der Waals surface area contributed by atoms with Gasteiger partial charge >= 0.3 is 0 Å². The van der Waals surface area contributed by atoms with Crippen LogP contribution in [-0.2, 0) is 15.4 Å². The van der Waals surface area contributed by atoms with Crippen LogP contribution in [0.15, 0.2) is 18.2 Å². The highest BCUT2D eigenvalue weighted by Gasteiger charge is 2.23. The van der Waals surface area contributed by atoms with Gasteiger partial charge in [0.1, 0.15) is 5.75 Å². The molecule has 5 heteroatoms. The zero-order valence-electron chi connectivity index (χ0n) is 10.9. The Bertz CT molecular complexity index is 444. The van der Waals surface area contributed by atoms with E-state index in [-0.39, 0.29) is 11.8 Å². The Morgan fingerprint density at radius 2 is 2.42 bits per heavy atom. The molecule has 1 aliphatic heterocycles. The summed E-state index contributed by atoms with van der Waals surface area (Å²) in [6.07, 6.45) is 0.783. The number of nitrogens with one attached hydrogen (secondary N) is 1. The highest BCUT2D eigenvalue weighted by atomic mass is 35.5. The minimum absolute atomic E-state index is 0.00202. The van der Waals surface area contributed by atoms with Crippen molar-refractivity contribution < 1.29 is 14.3 Å². The van der Waals surface area contributed by atoms with Gasteiger partial charge in [0.15, 0.2) is 0 Å². The molecule has 104 valence electrons. The van der Waals surface area contributed by atoms with Crippen LogP contribution in [0.25, 0.3) is 0 Å². The van der Waals surface area contributed by atoms with E-state index in [2.05, 4.69) is 5.32 Å². The summed E-state index contributed by atoms with van der Waals surface area (Å²) in [6, 6.07) is 5.52. The zero-order chi connectivity index (χ0) is 13.7. The normalized spacial score (nSPS) is 18.3. The Hall–Kier alpha value is -1.26. The maximum Gasteiger partial charge on any atom is 0.229 e. The molecule has 1 unspecified atom stereocenters. The number of anilines is 1. The van der Waals surface area contributed by atoms with Gasteiger partial charge < -0.3 is 14.8 Å². The molecule has 1 aromatic carbocycles. The molecule has 1 heterocycles. The van der Waals surface area contributed by atoms with Crippen LogP contribution in [0.1, 0.15) is 18.9 Å². The van der Waals surface area contributed by atoms with Gasteiger partial charge in [0.2, 0.25) is 5.91 Å². The molecular formula is C14H18ClNO3. The van der Waals surface area contributed by atoms with E-state index in [9.17, 15) is 4.79 Å². The number of carbonyl (C=O) groups excluding carboxylic acids is 1. The summed E-state index contributed by atoms with van der Waals surface area (Å²) in [7, 11) is 0. The summed E-state index contributed by atoms with van der Waals surface area (Å²) in [4.78, 5) is 12.0. The molecule has 0 radical (unpaired) electrons. The van der Waals surface area contributed by atoms with E-state index in [1.807, 2.05) is 25.1 Å². The number of halogens is 1. The number of hydrogen-bond acceptors (Lipinski definition) is 3. The Morgan fingerprint density at radius 1 is 1.58 bits per heavy atom. The molecule has 0 saturated carbocycles. The second-order valence-electron chi connectivity index (χ2n) is 4.44. The van der Waals surface area contributed by atoms with Gasteiger partial charge in [-0.05, 0) is 31.5 Å². The fraction of sp³-hybridized carbons (Fsp3) is 0.500. The molecule has 0 spiro atoms. The van der Waals surface area contributed by atoms with Crippen LogP contribution in [0.5, 0.6) is 5.75 Å². The third-order valence-electron chi connectivity index (χ3n) is 3.07. The predicted octanol–water partition coefficient (Wildman–Crippen LogP) is 2.80. The Morgan fingerprint density at radius 3 is 3.05 bits per heavy atom. The van der Waals surface area contributed by atoms with Crippen LogP contribution in [0.3, 0.4) is 0 Å². The molecular weight excluding hydrogens is 266 g/mol. The van der Waals surface area contributed by atoms with Crippen LogP contribution in [0.2, 0.25) is 0 Å². The van der Waals surface area contributed by atoms with Gasteiger partial charge in [-0.15, -0.1) is 11.6 Å². The smallest absolute Gasteiger partial charge is 0.229 e. The molecule has 1 aromatic rings. The van der Waals surface area contributed by atoms with E-state index in [0.717, 1.165) is 23.4 Å². The molecule has 1 amide bonds. The summed E-state index contributed by atoms with van der Waals surface area (Å²) < 4.78 is 10.7. The third-order valence-corrected chi connectivity index (χ3v) is 3.36. The molecule has 2 rings (SSSR count). The SMILES string of the molecule is CCOc1ccc(NC(=O)C2CCOC2)cc1CCl. The number of alkyl halides is 1. The molecule has 0 aliphatic carbocycles. The number of benzene rings is 1. The van der Waals surface area contributed by atoms with Crippen molar-refractivity contribution in [2.75, 3.05) is 25.1 Å². The number of hydrogen-bond donors (Lipinski definition) is 1. The molecule has 1 aliphatic rings. The van der Waals surface area contributed by atoms with Gasteiger partial charge in [0.25, 0.3) is 0 Å². The molecule has 0 aromatic heterocycles. The van der Waals surface area contributed by atoms with Crippen molar-refractivity contribution in [3.63, 3.8) is 0 Å². The van der Waals surface area contributed by atoms with E-state index >= 15 is 0 Å². The third kappa shape index (κ3) is 3.61. The van der Waals surface area contributed by atoms with Gasteiger partial charge in [-0.1, -0.05) is 0 Å². The van der Waals surface area contributed by atoms with E-state index in [0.29, 0.717) is 25.7 Å². The van der Waals surface area contributed by atoms with Crippen LogP contribution in [0.4, 0.5) is 5.69 Å². The Balaban J connectivity index is 2.05. The highest BCUT2D eigenvalue weighted by Crippen LogP contribution is 2.25. The van der Waals surface area contributed by atoms with E-state index in [1.54, 1.807) is 0 Å². The second-order valence-corrected chi connectivity index (χ2v) is 4.71. The molecule has 1 N–H and O–H groups in total. The lowest BCUT2D eigenvalue weighted by Gasteiger charge is -2.13. The topological polar surface area (TPSA) is 47.6 Å². The molecule has 1 atom stereocenters. The Labute approximate surface area is 118 Å². The highest BCUT2D eigenvalue weighted by molar-refractivity contribution is 6.17. The van der Waals surface area contributed by atoms with Gasteiger partial charge in [-0.3, -0.25) is 4.79 Å². The fourth-order valence-corrected chi connectivity index (χ4v) is 2.25. The Kier molecular flexibility index (Phi) is 5.05. The lowest BCUT2D eigenvalue weighted by atomic mass is 10.1. The van der Waals surface area contributed by atoms with Crippen LogP contribution >= 0.6 is 11.6 Å². The maximum absolute atomic E-state index is 12.0. The molecule has 19 heavy (non-hydrogen) atoms. The molecule has 1 fully saturated rings. The second kappa shape index (κ2) is 6.78. The standard InChI is InChI=1S/C14H18ClNO3/c1-2-19-13-4-3-12(7-11(13)8-15)16-14(17)10-5-6-18-9-10/h3-4,7,10H,2,5-6,8-9H2,1H3,(H,16,17). The monoisotopic (exact) mass is 283 g/mol.